The molecule has 6 rings (SSSR count). The Labute approximate surface area is 204 Å². The molecule has 3 aliphatic rings. The van der Waals surface area contributed by atoms with Crippen LogP contribution in [-0.2, 0) is 14.3 Å². The SMILES string of the molecule is Cc1ccc([C@H]2OC3(C(=O)c4ccccc4C3=O)[C@@H]3C(=O)N(c4cccc([N+](=O)[O-])c4)C(=O)[C@H]23)cc1. The predicted octanol–water partition coefficient (Wildman–Crippen LogP) is 3.60. The summed E-state index contributed by atoms with van der Waals surface area (Å²) >= 11 is 0. The number of hydrogen-bond donors (Lipinski definition) is 0. The highest BCUT2D eigenvalue weighted by Gasteiger charge is 2.74. The van der Waals surface area contributed by atoms with Gasteiger partial charge in [0.05, 0.1) is 28.6 Å². The van der Waals surface area contributed by atoms with Crippen LogP contribution >= 0.6 is 0 Å². The van der Waals surface area contributed by atoms with Gasteiger partial charge in [-0.2, -0.15) is 0 Å². The van der Waals surface area contributed by atoms with Crippen molar-refractivity contribution in [1.29, 1.82) is 0 Å². The molecule has 178 valence electrons. The number of ketones is 2. The number of anilines is 1. The third kappa shape index (κ3) is 2.74. The van der Waals surface area contributed by atoms with Crippen LogP contribution in [0.2, 0.25) is 0 Å². The number of ether oxygens (including phenoxy) is 1. The Kier molecular flexibility index (Phi) is 4.58. The molecule has 2 fully saturated rings. The van der Waals surface area contributed by atoms with Gasteiger partial charge in [-0.1, -0.05) is 60.2 Å². The van der Waals surface area contributed by atoms with Crippen molar-refractivity contribution in [2.75, 3.05) is 4.90 Å². The molecule has 0 aromatic heterocycles. The molecule has 2 saturated heterocycles. The molecule has 3 aromatic carbocycles. The molecule has 1 aliphatic carbocycles. The summed E-state index contributed by atoms with van der Waals surface area (Å²) in [6, 6.07) is 18.5. The number of aryl methyl sites for hydroxylation is 1. The molecule has 0 radical (unpaired) electrons. The Hall–Kier alpha value is -4.50. The summed E-state index contributed by atoms with van der Waals surface area (Å²) in [7, 11) is 0. The van der Waals surface area contributed by atoms with Gasteiger partial charge in [-0.25, -0.2) is 4.90 Å². The van der Waals surface area contributed by atoms with Crippen molar-refractivity contribution >= 4 is 34.8 Å². The topological polar surface area (TPSA) is 124 Å². The van der Waals surface area contributed by atoms with Crippen LogP contribution in [0.3, 0.4) is 0 Å². The summed E-state index contributed by atoms with van der Waals surface area (Å²) in [4.78, 5) is 66.6. The average Bonchev–Trinajstić information content (AvgIpc) is 3.44. The summed E-state index contributed by atoms with van der Waals surface area (Å²) < 4.78 is 6.22. The lowest BCUT2D eigenvalue weighted by atomic mass is 9.77. The van der Waals surface area contributed by atoms with Crippen LogP contribution in [0.1, 0.15) is 37.9 Å². The number of imide groups is 1. The van der Waals surface area contributed by atoms with Crippen molar-refractivity contribution in [1.82, 2.24) is 0 Å². The van der Waals surface area contributed by atoms with Gasteiger partial charge >= 0.3 is 0 Å². The number of carbonyl (C=O) groups is 4. The van der Waals surface area contributed by atoms with E-state index in [1.54, 1.807) is 24.3 Å². The molecule has 9 heteroatoms. The van der Waals surface area contributed by atoms with Gasteiger partial charge < -0.3 is 4.74 Å². The highest BCUT2D eigenvalue weighted by molar-refractivity contribution is 6.37. The number of nitrogens with zero attached hydrogens (tertiary/aromatic N) is 2. The van der Waals surface area contributed by atoms with Crippen molar-refractivity contribution in [3.63, 3.8) is 0 Å². The van der Waals surface area contributed by atoms with E-state index < -0.39 is 51.8 Å². The Balaban J connectivity index is 1.54. The molecule has 0 bridgehead atoms. The molecule has 2 heterocycles. The molecule has 9 nitrogen and oxygen atoms in total. The smallest absolute Gasteiger partial charge is 0.271 e. The summed E-state index contributed by atoms with van der Waals surface area (Å²) in [5.74, 6) is -5.37. The standard InChI is InChI=1S/C27H18N2O7/c1-14-9-11-15(12-10-14)22-20-21(27(36-22)23(30)18-7-2-3-8-19(18)24(27)31)26(33)28(25(20)32)16-5-4-6-17(13-16)29(34)35/h2-13,20-22H,1H3/t20-,21-,22+/m0/s1. The maximum atomic E-state index is 13.9. The quantitative estimate of drug-likeness (QED) is 0.242. The van der Waals surface area contributed by atoms with E-state index in [0.29, 0.717) is 5.56 Å². The van der Waals surface area contributed by atoms with E-state index in [0.717, 1.165) is 16.5 Å². The molecule has 36 heavy (non-hydrogen) atoms. The highest BCUT2D eigenvalue weighted by atomic mass is 16.6. The van der Waals surface area contributed by atoms with E-state index in [9.17, 15) is 29.3 Å². The third-order valence-corrected chi connectivity index (χ3v) is 7.22. The summed E-state index contributed by atoms with van der Waals surface area (Å²) in [5, 5.41) is 11.3. The number of hydrogen-bond acceptors (Lipinski definition) is 7. The number of benzene rings is 3. The van der Waals surface area contributed by atoms with Crippen molar-refractivity contribution < 1.29 is 28.8 Å². The second kappa shape index (κ2) is 7.50. The fraction of sp³-hybridized carbons (Fsp3) is 0.185. The van der Waals surface area contributed by atoms with Gasteiger partial charge in [0.2, 0.25) is 29.0 Å². The fourth-order valence-electron chi connectivity index (χ4n) is 5.57. The van der Waals surface area contributed by atoms with Crippen molar-refractivity contribution in [2.24, 2.45) is 11.8 Å². The molecule has 2 aliphatic heterocycles. The number of nitro groups is 1. The third-order valence-electron chi connectivity index (χ3n) is 7.22. The van der Waals surface area contributed by atoms with Gasteiger partial charge in [-0.3, -0.25) is 29.3 Å². The Morgan fingerprint density at radius 1 is 0.861 bits per heavy atom. The van der Waals surface area contributed by atoms with E-state index in [1.165, 1.54) is 30.3 Å². The molecule has 3 atom stereocenters. The van der Waals surface area contributed by atoms with Crippen molar-refractivity contribution in [3.05, 3.63) is 105 Å². The van der Waals surface area contributed by atoms with E-state index in [2.05, 4.69) is 0 Å². The monoisotopic (exact) mass is 482 g/mol. The number of non-ortho nitro benzene ring substituents is 1. The van der Waals surface area contributed by atoms with Crippen LogP contribution in [0, 0.1) is 28.9 Å². The van der Waals surface area contributed by atoms with Gasteiger partial charge in [0.1, 0.15) is 0 Å². The maximum Gasteiger partial charge on any atom is 0.271 e. The second-order valence-corrected chi connectivity index (χ2v) is 9.18. The molecular weight excluding hydrogens is 464 g/mol. The molecule has 0 N–H and O–H groups in total. The minimum atomic E-state index is -2.19. The fourth-order valence-corrected chi connectivity index (χ4v) is 5.57. The normalized spacial score (nSPS) is 23.9. The van der Waals surface area contributed by atoms with Crippen LogP contribution in [0.4, 0.5) is 11.4 Å². The largest absolute Gasteiger partial charge is 0.349 e. The van der Waals surface area contributed by atoms with Crippen LogP contribution in [0.25, 0.3) is 0 Å². The summed E-state index contributed by atoms with van der Waals surface area (Å²) in [6.07, 6.45) is -1.04. The number of rotatable bonds is 3. The zero-order valence-electron chi connectivity index (χ0n) is 18.9. The molecule has 0 saturated carbocycles. The Morgan fingerprint density at radius 2 is 1.50 bits per heavy atom. The van der Waals surface area contributed by atoms with Gasteiger partial charge in [0, 0.05) is 23.3 Å². The first-order chi connectivity index (χ1) is 17.3. The van der Waals surface area contributed by atoms with Crippen molar-refractivity contribution in [2.45, 2.75) is 18.6 Å². The van der Waals surface area contributed by atoms with Gasteiger partial charge in [-0.05, 0) is 18.6 Å². The molecule has 0 unspecified atom stereocenters. The minimum absolute atomic E-state index is 0.00168. The van der Waals surface area contributed by atoms with Crippen LogP contribution < -0.4 is 4.90 Å². The Morgan fingerprint density at radius 3 is 2.11 bits per heavy atom. The van der Waals surface area contributed by atoms with Crippen molar-refractivity contribution in [3.8, 4) is 0 Å². The van der Waals surface area contributed by atoms with E-state index in [4.69, 9.17) is 4.74 Å². The Bertz CT molecular complexity index is 1480. The lowest BCUT2D eigenvalue weighted by Crippen LogP contribution is -2.51. The number of Topliss-reactive ketones (excluding diaryl/α,β-unsaturated/α-hetero) is 2. The number of fused-ring (bicyclic) bond motifs is 3. The first-order valence-corrected chi connectivity index (χ1v) is 11.3. The minimum Gasteiger partial charge on any atom is -0.349 e. The lowest BCUT2D eigenvalue weighted by molar-refractivity contribution is -0.384. The summed E-state index contributed by atoms with van der Waals surface area (Å²) in [6.45, 7) is 1.89. The summed E-state index contributed by atoms with van der Waals surface area (Å²) in [5.41, 5.74) is -0.707. The number of carbonyl (C=O) groups excluding carboxylic acids is 4. The van der Waals surface area contributed by atoms with Gasteiger partial charge in [0.25, 0.3) is 5.69 Å². The van der Waals surface area contributed by atoms with E-state index in [1.807, 2.05) is 19.1 Å². The zero-order chi connectivity index (χ0) is 25.4. The van der Waals surface area contributed by atoms with E-state index >= 15 is 0 Å². The van der Waals surface area contributed by atoms with Gasteiger partial charge in [-0.15, -0.1) is 0 Å². The van der Waals surface area contributed by atoms with E-state index in [-0.39, 0.29) is 22.5 Å². The van der Waals surface area contributed by atoms with Crippen LogP contribution in [-0.4, -0.2) is 33.9 Å². The lowest BCUT2D eigenvalue weighted by Gasteiger charge is -2.27. The molecular formula is C27H18N2O7. The van der Waals surface area contributed by atoms with Gasteiger partial charge in [0.15, 0.2) is 0 Å². The highest BCUT2D eigenvalue weighted by Crippen LogP contribution is 2.57. The number of nitro benzene ring substituents is 1. The molecule has 2 amide bonds. The molecule has 1 spiro atoms. The first kappa shape index (κ1) is 22.0. The van der Waals surface area contributed by atoms with Crippen LogP contribution in [0.15, 0.2) is 72.8 Å². The predicted molar refractivity (Wildman–Crippen MR) is 125 cm³/mol. The second-order valence-electron chi connectivity index (χ2n) is 9.18. The average molecular weight is 482 g/mol. The number of amides is 2. The maximum absolute atomic E-state index is 13.9. The molecule has 3 aromatic rings. The van der Waals surface area contributed by atoms with Crippen LogP contribution in [0.5, 0.6) is 0 Å². The first-order valence-electron chi connectivity index (χ1n) is 11.3. The zero-order valence-corrected chi connectivity index (χ0v) is 18.9.